The van der Waals surface area contributed by atoms with E-state index in [-0.39, 0.29) is 17.9 Å². The van der Waals surface area contributed by atoms with Crippen molar-refractivity contribution in [3.8, 4) is 0 Å². The van der Waals surface area contributed by atoms with Crippen molar-refractivity contribution in [2.24, 2.45) is 0 Å². The fourth-order valence-electron chi connectivity index (χ4n) is 3.17. The number of aromatic nitrogens is 2. The van der Waals surface area contributed by atoms with Crippen LogP contribution in [-0.2, 0) is 13.1 Å². The second-order valence-electron chi connectivity index (χ2n) is 6.77. The predicted molar refractivity (Wildman–Crippen MR) is 118 cm³/mol. The number of fused-ring (bicyclic) bond motifs is 1. The van der Waals surface area contributed by atoms with Crippen molar-refractivity contribution < 1.29 is 4.79 Å². The van der Waals surface area contributed by atoms with E-state index in [2.05, 4.69) is 34.7 Å². The summed E-state index contributed by atoms with van der Waals surface area (Å²) < 4.78 is 2.47. The molecular weight excluding hydrogens is 438 g/mol. The normalized spacial score (nSPS) is 11.5. The molecule has 0 fully saturated rings. The van der Waals surface area contributed by atoms with Crippen LogP contribution in [0.25, 0.3) is 10.2 Å². The number of aryl methyl sites for hydroxylation is 2. The Morgan fingerprint density at radius 2 is 1.82 bits per heavy atom. The third-order valence-corrected chi connectivity index (χ3v) is 6.73. The van der Waals surface area contributed by atoms with Crippen molar-refractivity contribution in [3.05, 3.63) is 60.9 Å². The summed E-state index contributed by atoms with van der Waals surface area (Å²) >= 11 is 4.93. The number of hydrogen-bond donors (Lipinski definition) is 0. The number of carbonyl (C=O) groups is 1. The Balaban J connectivity index is 2.10. The van der Waals surface area contributed by atoms with Crippen LogP contribution in [-0.4, -0.2) is 33.3 Å². The minimum atomic E-state index is -0.125. The van der Waals surface area contributed by atoms with Gasteiger partial charge in [-0.2, -0.15) is 0 Å². The Morgan fingerprint density at radius 3 is 2.43 bits per heavy atom. The molecule has 0 saturated heterocycles. The molecule has 0 spiro atoms. The fourth-order valence-corrected chi connectivity index (χ4v) is 4.47. The number of ketones is 1. The summed E-state index contributed by atoms with van der Waals surface area (Å²) in [6, 6.07) is 7.21. The molecule has 3 aromatic rings. The molecule has 1 aromatic carbocycles. The van der Waals surface area contributed by atoms with E-state index in [1.807, 2.05) is 26.0 Å². The van der Waals surface area contributed by atoms with Crippen molar-refractivity contribution in [3.63, 3.8) is 0 Å². The molecule has 2 aromatic heterocycles. The third kappa shape index (κ3) is 4.11. The van der Waals surface area contributed by atoms with Crippen molar-refractivity contribution in [1.82, 2.24) is 14.5 Å². The lowest BCUT2D eigenvalue weighted by Gasteiger charge is -2.20. The zero-order chi connectivity index (χ0) is 20.4. The van der Waals surface area contributed by atoms with Crippen LogP contribution in [0.15, 0.2) is 33.5 Å². The molecule has 0 saturated carbocycles. The Bertz CT molecular complexity index is 1070. The van der Waals surface area contributed by atoms with Gasteiger partial charge in [-0.05, 0) is 44.6 Å². The summed E-state index contributed by atoms with van der Waals surface area (Å²) in [4.78, 5) is 35.0. The highest BCUT2D eigenvalue weighted by molar-refractivity contribution is 9.10. The molecule has 0 aliphatic heterocycles. The lowest BCUT2D eigenvalue weighted by molar-refractivity contribution is 0.0968. The first kappa shape index (κ1) is 20.9. The van der Waals surface area contributed by atoms with E-state index in [0.717, 1.165) is 32.8 Å². The maximum Gasteiger partial charge on any atom is 0.263 e. The molecular formula is C21H24BrN3O2S. The Kier molecular flexibility index (Phi) is 6.47. The van der Waals surface area contributed by atoms with Crippen LogP contribution >= 0.6 is 27.3 Å². The molecule has 28 heavy (non-hydrogen) atoms. The highest BCUT2D eigenvalue weighted by atomic mass is 79.9. The van der Waals surface area contributed by atoms with Crippen LogP contribution in [0, 0.1) is 13.8 Å². The molecule has 3 rings (SSSR count). The molecule has 0 bridgehead atoms. The number of halogens is 1. The molecule has 0 radical (unpaired) electrons. The molecule has 0 aliphatic rings. The van der Waals surface area contributed by atoms with Gasteiger partial charge in [0.05, 0.1) is 18.5 Å². The second-order valence-corrected chi connectivity index (χ2v) is 8.89. The Labute approximate surface area is 177 Å². The van der Waals surface area contributed by atoms with E-state index in [0.29, 0.717) is 23.3 Å². The zero-order valence-corrected chi connectivity index (χ0v) is 19.0. The minimum absolute atomic E-state index is 0.00561. The van der Waals surface area contributed by atoms with Gasteiger partial charge in [0, 0.05) is 14.9 Å². The van der Waals surface area contributed by atoms with E-state index in [1.54, 1.807) is 28.0 Å². The Morgan fingerprint density at radius 1 is 1.18 bits per heavy atom. The maximum absolute atomic E-state index is 13.3. The van der Waals surface area contributed by atoms with Gasteiger partial charge in [0.1, 0.15) is 10.7 Å². The van der Waals surface area contributed by atoms with Crippen molar-refractivity contribution >= 4 is 43.3 Å². The van der Waals surface area contributed by atoms with Gasteiger partial charge in [0.15, 0.2) is 5.78 Å². The molecule has 5 nitrogen and oxygen atoms in total. The molecule has 0 N–H and O–H groups in total. The van der Waals surface area contributed by atoms with Crippen LogP contribution in [0.5, 0.6) is 0 Å². The van der Waals surface area contributed by atoms with Gasteiger partial charge in [0.25, 0.3) is 5.56 Å². The third-order valence-electron chi connectivity index (χ3n) is 5.10. The molecule has 0 amide bonds. The first-order valence-electron chi connectivity index (χ1n) is 9.36. The first-order valence-corrected chi connectivity index (χ1v) is 11.0. The molecule has 2 heterocycles. The monoisotopic (exact) mass is 461 g/mol. The number of hydrogen-bond acceptors (Lipinski definition) is 5. The van der Waals surface area contributed by atoms with Gasteiger partial charge >= 0.3 is 0 Å². The van der Waals surface area contributed by atoms with Gasteiger partial charge < -0.3 is 0 Å². The van der Waals surface area contributed by atoms with Crippen LogP contribution < -0.4 is 5.56 Å². The lowest BCUT2D eigenvalue weighted by Crippen LogP contribution is -2.33. The average Bonchev–Trinajstić information content (AvgIpc) is 2.96. The number of Topliss-reactive ketones (excluding diaryl/α,β-unsaturated/α-hetero) is 1. The minimum Gasteiger partial charge on any atom is -0.297 e. The van der Waals surface area contributed by atoms with Gasteiger partial charge in [-0.1, -0.05) is 41.9 Å². The molecule has 7 heteroatoms. The average molecular weight is 462 g/mol. The number of benzene rings is 1. The fraction of sp³-hybridized carbons (Fsp3) is 0.381. The van der Waals surface area contributed by atoms with Gasteiger partial charge in [0.2, 0.25) is 0 Å². The largest absolute Gasteiger partial charge is 0.297 e. The standard InChI is InChI=1S/C21H24BrN3O2S/c1-5-24(6-2)12-18-23-20-19(13(3)14(4)28-20)21(27)25(18)11-17(26)15-7-9-16(22)10-8-15/h7-10H,5-6,11-12H2,1-4H3. The van der Waals surface area contributed by atoms with E-state index in [1.165, 1.54) is 0 Å². The smallest absolute Gasteiger partial charge is 0.263 e. The van der Waals surface area contributed by atoms with Crippen molar-refractivity contribution in [1.29, 1.82) is 0 Å². The molecule has 0 atom stereocenters. The SMILES string of the molecule is CCN(CC)Cc1nc2sc(C)c(C)c2c(=O)n1CC(=O)c1ccc(Br)cc1. The summed E-state index contributed by atoms with van der Waals surface area (Å²) in [7, 11) is 0. The van der Waals surface area contributed by atoms with Gasteiger partial charge in [-0.3, -0.25) is 19.1 Å². The van der Waals surface area contributed by atoms with E-state index < -0.39 is 0 Å². The summed E-state index contributed by atoms with van der Waals surface area (Å²) in [5, 5.41) is 0.634. The van der Waals surface area contributed by atoms with E-state index in [4.69, 9.17) is 4.98 Å². The predicted octanol–water partition coefficient (Wildman–Crippen LogP) is 4.56. The highest BCUT2D eigenvalue weighted by Crippen LogP contribution is 2.26. The second kappa shape index (κ2) is 8.68. The van der Waals surface area contributed by atoms with Gasteiger partial charge in [-0.25, -0.2) is 4.98 Å². The highest BCUT2D eigenvalue weighted by Gasteiger charge is 2.19. The van der Waals surface area contributed by atoms with Crippen molar-refractivity contribution in [2.75, 3.05) is 13.1 Å². The quantitative estimate of drug-likeness (QED) is 0.483. The van der Waals surface area contributed by atoms with Crippen LogP contribution in [0.4, 0.5) is 0 Å². The summed E-state index contributed by atoms with van der Waals surface area (Å²) in [6.07, 6.45) is 0. The zero-order valence-electron chi connectivity index (χ0n) is 16.6. The summed E-state index contributed by atoms with van der Waals surface area (Å²) in [5.41, 5.74) is 1.42. The van der Waals surface area contributed by atoms with Crippen LogP contribution in [0.3, 0.4) is 0 Å². The van der Waals surface area contributed by atoms with Crippen LogP contribution in [0.2, 0.25) is 0 Å². The van der Waals surface area contributed by atoms with E-state index >= 15 is 0 Å². The Hall–Kier alpha value is -1.83. The molecule has 0 unspecified atom stereocenters. The lowest BCUT2D eigenvalue weighted by atomic mass is 10.1. The molecule has 0 aliphatic carbocycles. The molecule has 148 valence electrons. The number of carbonyl (C=O) groups excluding carboxylic acids is 1. The number of thiophene rings is 1. The summed E-state index contributed by atoms with van der Waals surface area (Å²) in [5.74, 6) is 0.550. The maximum atomic E-state index is 13.3. The first-order chi connectivity index (χ1) is 13.3. The topological polar surface area (TPSA) is 55.2 Å². The van der Waals surface area contributed by atoms with Crippen LogP contribution in [0.1, 0.15) is 40.5 Å². The number of nitrogens with zero attached hydrogens (tertiary/aromatic N) is 3. The number of rotatable bonds is 7. The van der Waals surface area contributed by atoms with Crippen molar-refractivity contribution in [2.45, 2.75) is 40.8 Å². The summed E-state index contributed by atoms with van der Waals surface area (Å²) in [6.45, 7) is 10.4. The van der Waals surface area contributed by atoms with Gasteiger partial charge in [-0.15, -0.1) is 11.3 Å². The van der Waals surface area contributed by atoms with E-state index in [9.17, 15) is 9.59 Å².